The van der Waals surface area contributed by atoms with Gasteiger partial charge in [0.2, 0.25) is 0 Å². The molecule has 444 valence electrons. The van der Waals surface area contributed by atoms with Gasteiger partial charge in [-0.15, -0.1) is 0 Å². The number of carbonyl (C=O) groups excluding carboxylic acids is 2. The Morgan fingerprint density at radius 1 is 0.403 bits per heavy atom. The van der Waals surface area contributed by atoms with Gasteiger partial charge in [0, 0.05) is 12.8 Å². The number of carboxylic acids is 1. The minimum absolute atomic E-state index is 0.184. The molecule has 0 aliphatic heterocycles. The molecule has 1 N–H and O–H groups in total. The predicted octanol–water partition coefficient (Wildman–Crippen LogP) is 19.1. The van der Waals surface area contributed by atoms with Crippen LogP contribution < -0.4 is 0 Å². The molecule has 0 aliphatic rings. The fourth-order valence-electron chi connectivity index (χ4n) is 8.82. The monoisotopic (exact) mass is 1080 g/mol. The second-order valence-electron chi connectivity index (χ2n) is 22.3. The molecule has 0 bridgehead atoms. The van der Waals surface area contributed by atoms with Crippen LogP contribution in [0.4, 0.5) is 0 Å². The first-order valence-corrected chi connectivity index (χ1v) is 31.8. The highest BCUT2D eigenvalue weighted by Gasteiger charge is 2.25. The van der Waals surface area contributed by atoms with Crippen LogP contribution in [-0.2, 0) is 33.3 Å². The van der Waals surface area contributed by atoms with E-state index in [2.05, 4.69) is 98.9 Å². The minimum Gasteiger partial charge on any atom is -0.477 e. The molecule has 77 heavy (non-hydrogen) atoms. The molecule has 0 aliphatic carbocycles. The summed E-state index contributed by atoms with van der Waals surface area (Å²) >= 11 is 0. The van der Waals surface area contributed by atoms with E-state index >= 15 is 0 Å². The van der Waals surface area contributed by atoms with Crippen LogP contribution in [0.2, 0.25) is 0 Å². The van der Waals surface area contributed by atoms with Gasteiger partial charge in [0.1, 0.15) is 13.2 Å². The minimum atomic E-state index is -1.51. The van der Waals surface area contributed by atoms with Crippen molar-refractivity contribution in [3.05, 3.63) is 85.1 Å². The van der Waals surface area contributed by atoms with Gasteiger partial charge in [-0.3, -0.25) is 9.59 Å². The van der Waals surface area contributed by atoms with Crippen LogP contribution >= 0.6 is 0 Å². The van der Waals surface area contributed by atoms with Gasteiger partial charge in [0.25, 0.3) is 6.29 Å². The van der Waals surface area contributed by atoms with Gasteiger partial charge in [0.05, 0.1) is 34.4 Å². The third-order valence-electron chi connectivity index (χ3n) is 13.7. The van der Waals surface area contributed by atoms with Crippen LogP contribution in [0.1, 0.15) is 271 Å². The number of carbonyl (C=O) groups is 3. The highest BCUT2D eigenvalue weighted by atomic mass is 16.7. The number of allylic oxidation sites excluding steroid dienone is 14. The lowest BCUT2D eigenvalue weighted by molar-refractivity contribution is -0.870. The van der Waals surface area contributed by atoms with Crippen molar-refractivity contribution in [1.29, 1.82) is 0 Å². The second kappa shape index (κ2) is 58.6. The van der Waals surface area contributed by atoms with Gasteiger partial charge in [-0.25, -0.2) is 4.79 Å². The van der Waals surface area contributed by atoms with Crippen LogP contribution in [0.5, 0.6) is 0 Å². The lowest BCUT2D eigenvalue weighted by atomic mass is 10.0. The Bertz CT molecular complexity index is 1540. The molecule has 0 aromatic carbocycles. The molecule has 9 heteroatoms. The molecule has 0 spiro atoms. The summed E-state index contributed by atoms with van der Waals surface area (Å²) in [5.41, 5.74) is 0. The van der Waals surface area contributed by atoms with Gasteiger partial charge >= 0.3 is 17.9 Å². The fraction of sp³-hybridized carbons (Fsp3) is 0.750. The lowest BCUT2D eigenvalue weighted by Gasteiger charge is -2.25. The average Bonchev–Trinajstić information content (AvgIpc) is 3.40. The molecular formula is C68H120NO8+. The molecule has 2 atom stereocenters. The first-order valence-electron chi connectivity index (χ1n) is 31.8. The van der Waals surface area contributed by atoms with Crippen molar-refractivity contribution in [1.82, 2.24) is 0 Å². The zero-order valence-corrected chi connectivity index (χ0v) is 50.6. The number of esters is 2. The van der Waals surface area contributed by atoms with Crippen LogP contribution in [0.3, 0.4) is 0 Å². The SMILES string of the molecule is CC/C=C\C/C=C\C/C=C\C/C=C\C/C=C\C/C=C\C/C=C\CCCCCCCCCCCC(=O)OC(COC(=O)CCCCCCCCCCCCCCCCCCCCCCC)COC(OCC[N+](C)(C)C)C(=O)O. The largest absolute Gasteiger partial charge is 0.477 e. The maximum Gasteiger partial charge on any atom is 0.361 e. The molecule has 0 amide bonds. The predicted molar refractivity (Wildman–Crippen MR) is 327 cm³/mol. The van der Waals surface area contributed by atoms with Gasteiger partial charge in [-0.2, -0.15) is 0 Å². The van der Waals surface area contributed by atoms with Crippen molar-refractivity contribution < 1.29 is 42.9 Å². The number of hydrogen-bond acceptors (Lipinski definition) is 7. The summed E-state index contributed by atoms with van der Waals surface area (Å²) in [6.45, 7) is 4.78. The normalized spacial score (nSPS) is 13.3. The van der Waals surface area contributed by atoms with E-state index in [1.807, 2.05) is 21.1 Å². The van der Waals surface area contributed by atoms with E-state index in [-0.39, 0.29) is 32.2 Å². The fourth-order valence-corrected chi connectivity index (χ4v) is 8.82. The molecule has 0 rings (SSSR count). The topological polar surface area (TPSA) is 108 Å². The standard InChI is InChI=1S/C68H119NO8/c1-6-8-10-12-14-16-18-20-22-24-26-28-29-30-31-32-33-34-35-36-37-39-41-43-45-47-49-51-53-55-57-59-66(71)77-64(63-76-68(67(72)73)74-61-60-69(3,4)5)62-75-65(70)58-56-54-52-50-48-46-44-42-40-38-27-25-23-21-19-17-15-13-11-9-7-2/h8,10,14,16,20,22,26,28,30-31,33-34,36-37,64,68H,6-7,9,11-13,15,17-19,21,23-25,27,29,32,35,38-63H2,1-5H3/p+1/b10-8-,16-14-,22-20-,28-26-,31-30-,34-33-,37-36-. The maximum atomic E-state index is 12.9. The third-order valence-corrected chi connectivity index (χ3v) is 13.7. The van der Waals surface area contributed by atoms with E-state index < -0.39 is 24.3 Å². The molecule has 2 unspecified atom stereocenters. The number of likely N-dealkylation sites (N-methyl/N-ethyl adjacent to an activating group) is 1. The van der Waals surface area contributed by atoms with Crippen molar-refractivity contribution in [2.75, 3.05) is 47.5 Å². The molecular weight excluding hydrogens is 959 g/mol. The Morgan fingerprint density at radius 3 is 1.10 bits per heavy atom. The molecule has 0 aromatic heterocycles. The third kappa shape index (κ3) is 60.0. The first-order chi connectivity index (χ1) is 37.6. The molecule has 0 fully saturated rings. The number of rotatable bonds is 58. The van der Waals surface area contributed by atoms with Crippen molar-refractivity contribution in [3.8, 4) is 0 Å². The van der Waals surface area contributed by atoms with E-state index in [9.17, 15) is 19.5 Å². The zero-order chi connectivity index (χ0) is 56.2. The molecule has 0 heterocycles. The van der Waals surface area contributed by atoms with Gasteiger partial charge in [0.15, 0.2) is 6.10 Å². The Labute approximate surface area is 474 Å². The number of hydrogen-bond donors (Lipinski definition) is 1. The van der Waals surface area contributed by atoms with Crippen molar-refractivity contribution >= 4 is 17.9 Å². The smallest absolute Gasteiger partial charge is 0.361 e. The summed E-state index contributed by atoms with van der Waals surface area (Å²) in [6, 6.07) is 0. The highest BCUT2D eigenvalue weighted by molar-refractivity contribution is 5.71. The van der Waals surface area contributed by atoms with Gasteiger partial charge in [-0.1, -0.05) is 272 Å². The average molecular weight is 1080 g/mol. The summed E-state index contributed by atoms with van der Waals surface area (Å²) in [5, 5.41) is 9.72. The lowest BCUT2D eigenvalue weighted by Crippen LogP contribution is -2.40. The number of ether oxygens (including phenoxy) is 4. The maximum absolute atomic E-state index is 12.9. The van der Waals surface area contributed by atoms with Crippen molar-refractivity contribution in [2.45, 2.75) is 283 Å². The molecule has 0 radical (unpaired) electrons. The van der Waals surface area contributed by atoms with Crippen molar-refractivity contribution in [2.24, 2.45) is 0 Å². The van der Waals surface area contributed by atoms with Crippen LogP contribution in [0, 0.1) is 0 Å². The molecule has 0 saturated heterocycles. The highest BCUT2D eigenvalue weighted by Crippen LogP contribution is 2.17. The molecule has 0 saturated carbocycles. The van der Waals surface area contributed by atoms with E-state index in [1.54, 1.807) is 0 Å². The van der Waals surface area contributed by atoms with Gasteiger partial charge < -0.3 is 28.5 Å². The summed E-state index contributed by atoms with van der Waals surface area (Å²) in [6.07, 6.45) is 75.2. The quantitative estimate of drug-likeness (QED) is 0.0211. The summed E-state index contributed by atoms with van der Waals surface area (Å²) in [5.74, 6) is -2.01. The number of carboxylic acid groups (broad SMARTS) is 1. The number of aliphatic carboxylic acids is 1. The Hall–Kier alpha value is -3.53. The Kier molecular flexibility index (Phi) is 55.9. The molecule has 0 aromatic rings. The second-order valence-corrected chi connectivity index (χ2v) is 22.3. The number of quaternary nitrogens is 1. The summed E-state index contributed by atoms with van der Waals surface area (Å²) < 4.78 is 22.9. The van der Waals surface area contributed by atoms with Crippen LogP contribution in [-0.4, -0.2) is 87.4 Å². The van der Waals surface area contributed by atoms with Gasteiger partial charge in [-0.05, 0) is 70.6 Å². The van der Waals surface area contributed by atoms with Crippen LogP contribution in [0.25, 0.3) is 0 Å². The van der Waals surface area contributed by atoms with E-state index in [4.69, 9.17) is 18.9 Å². The molecule has 9 nitrogen and oxygen atoms in total. The Balaban J connectivity index is 4.21. The first kappa shape index (κ1) is 73.5. The zero-order valence-electron chi connectivity index (χ0n) is 50.6. The summed E-state index contributed by atoms with van der Waals surface area (Å²) in [7, 11) is 5.97. The number of unbranched alkanes of at least 4 members (excludes halogenated alkanes) is 29. The number of nitrogens with zero attached hydrogens (tertiary/aromatic N) is 1. The summed E-state index contributed by atoms with van der Waals surface area (Å²) in [4.78, 5) is 37.5. The Morgan fingerprint density at radius 2 is 0.740 bits per heavy atom. The van der Waals surface area contributed by atoms with Crippen molar-refractivity contribution in [3.63, 3.8) is 0 Å². The van der Waals surface area contributed by atoms with Crippen LogP contribution in [0.15, 0.2) is 85.1 Å². The van der Waals surface area contributed by atoms with E-state index in [0.29, 0.717) is 23.9 Å². The van der Waals surface area contributed by atoms with E-state index in [1.165, 1.54) is 148 Å². The van der Waals surface area contributed by atoms with E-state index in [0.717, 1.165) is 89.9 Å².